The van der Waals surface area contributed by atoms with Crippen molar-refractivity contribution in [1.82, 2.24) is 4.90 Å². The monoisotopic (exact) mass is 439 g/mol. The molecule has 168 valence electrons. The quantitative estimate of drug-likeness (QED) is 0.695. The number of nitrogens with zero attached hydrogens (tertiary/aromatic N) is 1. The van der Waals surface area contributed by atoms with E-state index in [0.717, 1.165) is 29.5 Å². The second-order valence-corrected chi connectivity index (χ2v) is 7.40. The summed E-state index contributed by atoms with van der Waals surface area (Å²) in [4.78, 5) is 20.5. The van der Waals surface area contributed by atoms with Gasteiger partial charge in [-0.1, -0.05) is 44.2 Å². The van der Waals surface area contributed by atoms with Gasteiger partial charge in [0.2, 0.25) is 0 Å². The van der Waals surface area contributed by atoms with Crippen LogP contribution in [0.1, 0.15) is 54.5 Å². The zero-order valence-corrected chi connectivity index (χ0v) is 17.2. The topological polar surface area (TPSA) is 109 Å². The van der Waals surface area contributed by atoms with Crippen molar-refractivity contribution in [2.45, 2.75) is 43.9 Å². The number of halogens is 3. The highest BCUT2D eigenvalue weighted by atomic mass is 19.4. The van der Waals surface area contributed by atoms with Crippen LogP contribution in [0.15, 0.2) is 42.5 Å². The Balaban J connectivity index is 0.000000433. The molecule has 2 aromatic carbocycles. The third-order valence-corrected chi connectivity index (χ3v) is 6.41. The zero-order chi connectivity index (χ0) is 22.5. The van der Waals surface area contributed by atoms with Gasteiger partial charge >= 0.3 is 18.1 Å². The molecular weight excluding hydrogens is 415 g/mol. The first-order chi connectivity index (χ1) is 14.0. The van der Waals surface area contributed by atoms with Crippen LogP contribution in [0.25, 0.3) is 0 Å². The first-order valence-corrected chi connectivity index (χ1v) is 9.50. The van der Waals surface area contributed by atoms with E-state index < -0.39 is 29.2 Å². The number of hydrogen-bond donors (Lipinski definition) is 2. The first kappa shape index (κ1) is 24.4. The van der Waals surface area contributed by atoms with Crippen LogP contribution in [0, 0.1) is 0 Å². The van der Waals surface area contributed by atoms with Gasteiger partial charge in [0.1, 0.15) is 0 Å². The molecule has 9 heteroatoms. The van der Waals surface area contributed by atoms with Gasteiger partial charge < -0.3 is 15.7 Å². The molecule has 2 aliphatic rings. The fourth-order valence-electron chi connectivity index (χ4n) is 5.20. The summed E-state index contributed by atoms with van der Waals surface area (Å²) in [6, 6.07) is 12.5. The van der Waals surface area contributed by atoms with E-state index in [2.05, 4.69) is 37.9 Å². The summed E-state index contributed by atoms with van der Waals surface area (Å²) in [5.41, 5.74) is 2.89. The molecule has 4 rings (SSSR count). The molecule has 2 aromatic rings. The summed E-state index contributed by atoms with van der Waals surface area (Å²) in [6.07, 6.45) is -2.74. The summed E-state index contributed by atoms with van der Waals surface area (Å²) in [6.45, 7) is 4.18. The van der Waals surface area contributed by atoms with Crippen LogP contribution in [-0.2, 0) is 26.8 Å². The molecule has 0 fully saturated rings. The van der Waals surface area contributed by atoms with E-state index in [1.807, 2.05) is 12.1 Å². The van der Waals surface area contributed by atoms with Crippen molar-refractivity contribution in [3.05, 3.63) is 70.3 Å². The Morgan fingerprint density at radius 3 is 1.68 bits per heavy atom. The van der Waals surface area contributed by atoms with E-state index >= 15 is 0 Å². The number of carbonyl (C=O) groups is 2. The third-order valence-electron chi connectivity index (χ3n) is 6.41. The second kappa shape index (κ2) is 7.97. The summed E-state index contributed by atoms with van der Waals surface area (Å²) in [5, 5.41) is 14.8. The van der Waals surface area contributed by atoms with Gasteiger partial charge in [-0.05, 0) is 54.3 Å². The van der Waals surface area contributed by atoms with Crippen molar-refractivity contribution in [3.63, 3.8) is 0 Å². The van der Waals surface area contributed by atoms with Crippen LogP contribution >= 0.6 is 0 Å². The molecule has 2 aliphatic heterocycles. The molecule has 0 saturated carbocycles. The van der Waals surface area contributed by atoms with Gasteiger partial charge in [0.25, 0.3) is 0 Å². The van der Waals surface area contributed by atoms with Gasteiger partial charge in [0, 0.05) is 0 Å². The Morgan fingerprint density at radius 2 is 1.29 bits per heavy atom. The highest BCUT2D eigenvalue weighted by molar-refractivity contribution is 6.27. The van der Waals surface area contributed by atoms with E-state index in [-0.39, 0.29) is 11.0 Å². The highest BCUT2D eigenvalue weighted by Gasteiger charge is 2.63. The molecule has 0 radical (unpaired) electrons. The smallest absolute Gasteiger partial charge is 0.416 e. The van der Waals surface area contributed by atoms with E-state index in [4.69, 9.17) is 19.8 Å². The standard InChI is InChI=1S/C20H20F3N.C2H2O4.H2O/c1-4-18-14-8-6-7-9-15(14)19(5-2,24(18)3)17-12-13(20(21,22)23)10-11-16(17)18;3-1(4)2(5)6;/h6-12H,4-5H2,1-3H3;(H,3,4)(H,5,6);1H2. The molecule has 0 amide bonds. The van der Waals surface area contributed by atoms with Gasteiger partial charge in [0.05, 0.1) is 16.6 Å². The minimum absolute atomic E-state index is 0. The number of benzene rings is 2. The van der Waals surface area contributed by atoms with Crippen molar-refractivity contribution < 1.29 is 38.4 Å². The maximum absolute atomic E-state index is 13.3. The van der Waals surface area contributed by atoms with E-state index in [0.29, 0.717) is 0 Å². The number of carboxylic acids is 2. The number of alkyl halides is 3. The molecule has 2 heterocycles. The minimum Gasteiger partial charge on any atom is -0.473 e. The molecule has 6 nitrogen and oxygen atoms in total. The maximum Gasteiger partial charge on any atom is 0.416 e. The van der Waals surface area contributed by atoms with Crippen LogP contribution in [0.5, 0.6) is 0 Å². The molecule has 2 unspecified atom stereocenters. The van der Waals surface area contributed by atoms with Crippen molar-refractivity contribution >= 4 is 11.9 Å². The van der Waals surface area contributed by atoms with Gasteiger partial charge in [-0.3, -0.25) is 4.90 Å². The molecule has 4 N–H and O–H groups in total. The van der Waals surface area contributed by atoms with Crippen molar-refractivity contribution in [2.75, 3.05) is 7.05 Å². The Hall–Kier alpha value is -2.91. The molecule has 0 aliphatic carbocycles. The number of fused-ring (bicyclic) bond motifs is 8. The van der Waals surface area contributed by atoms with Gasteiger partial charge in [-0.15, -0.1) is 0 Å². The Bertz CT molecular complexity index is 1010. The SMILES string of the molecule is CCC12c3ccccc3C(CC)(c3cc(C(F)(F)F)ccc31)N2C.O.O=C(O)C(=O)O. The molecule has 2 bridgehead atoms. The number of aliphatic carboxylic acids is 2. The molecule has 0 spiro atoms. The zero-order valence-electron chi connectivity index (χ0n) is 17.2. The molecule has 31 heavy (non-hydrogen) atoms. The third kappa shape index (κ3) is 3.19. The fourth-order valence-corrected chi connectivity index (χ4v) is 5.20. The predicted octanol–water partition coefficient (Wildman–Crippen LogP) is 3.60. The summed E-state index contributed by atoms with van der Waals surface area (Å²) in [5.74, 6) is -3.65. The second-order valence-electron chi connectivity index (χ2n) is 7.40. The van der Waals surface area contributed by atoms with Crippen LogP contribution in [0.3, 0.4) is 0 Å². The van der Waals surface area contributed by atoms with Gasteiger partial charge in [-0.2, -0.15) is 13.2 Å². The van der Waals surface area contributed by atoms with Crippen molar-refractivity contribution in [3.8, 4) is 0 Å². The lowest BCUT2D eigenvalue weighted by Crippen LogP contribution is -2.42. The van der Waals surface area contributed by atoms with Crippen LogP contribution in [0.2, 0.25) is 0 Å². The first-order valence-electron chi connectivity index (χ1n) is 9.50. The molecule has 0 saturated heterocycles. The van der Waals surface area contributed by atoms with Gasteiger partial charge in [0.15, 0.2) is 0 Å². The Morgan fingerprint density at radius 1 is 0.871 bits per heavy atom. The Labute approximate surface area is 177 Å². The number of hydrogen-bond acceptors (Lipinski definition) is 3. The lowest BCUT2D eigenvalue weighted by atomic mass is 9.70. The Kier molecular flexibility index (Phi) is 6.27. The number of rotatable bonds is 2. The maximum atomic E-state index is 13.3. The fraction of sp³-hybridized carbons (Fsp3) is 0.364. The summed E-state index contributed by atoms with van der Waals surface area (Å²) in [7, 11) is 2.06. The van der Waals surface area contributed by atoms with E-state index in [9.17, 15) is 13.2 Å². The van der Waals surface area contributed by atoms with Crippen molar-refractivity contribution in [1.29, 1.82) is 0 Å². The largest absolute Gasteiger partial charge is 0.473 e. The normalized spacial score (nSPS) is 23.2. The lowest BCUT2D eigenvalue weighted by Gasteiger charge is -2.36. The summed E-state index contributed by atoms with van der Waals surface area (Å²) >= 11 is 0. The molecular formula is C22H24F3NO5. The summed E-state index contributed by atoms with van der Waals surface area (Å²) < 4.78 is 39.9. The number of carboxylic acid groups (broad SMARTS) is 2. The van der Waals surface area contributed by atoms with Crippen LogP contribution < -0.4 is 0 Å². The lowest BCUT2D eigenvalue weighted by molar-refractivity contribution is -0.159. The predicted molar refractivity (Wildman–Crippen MR) is 107 cm³/mol. The van der Waals surface area contributed by atoms with Crippen LogP contribution in [-0.4, -0.2) is 39.6 Å². The average molecular weight is 439 g/mol. The molecule has 0 aromatic heterocycles. The highest BCUT2D eigenvalue weighted by Crippen LogP contribution is 2.65. The van der Waals surface area contributed by atoms with E-state index in [1.165, 1.54) is 17.7 Å². The van der Waals surface area contributed by atoms with Crippen LogP contribution in [0.4, 0.5) is 13.2 Å². The molecule has 2 atom stereocenters. The van der Waals surface area contributed by atoms with Gasteiger partial charge in [-0.25, -0.2) is 9.59 Å². The average Bonchev–Trinajstić information content (AvgIpc) is 3.06. The minimum atomic E-state index is -4.32. The van der Waals surface area contributed by atoms with E-state index in [1.54, 1.807) is 6.07 Å². The van der Waals surface area contributed by atoms with Crippen molar-refractivity contribution in [2.24, 2.45) is 0 Å².